The number of rotatable bonds is 5. The van der Waals surface area contributed by atoms with Crippen molar-refractivity contribution in [2.45, 2.75) is 13.0 Å². The minimum absolute atomic E-state index is 0.134. The molecular formula is C11H8F4N4OS. The molecule has 0 aliphatic carbocycles. The average Bonchev–Trinajstić information content (AvgIpc) is 2.78. The van der Waals surface area contributed by atoms with E-state index in [9.17, 15) is 17.6 Å². The van der Waals surface area contributed by atoms with E-state index in [2.05, 4.69) is 20.0 Å². The Morgan fingerprint density at radius 2 is 2.00 bits per heavy atom. The maximum absolute atomic E-state index is 12.7. The van der Waals surface area contributed by atoms with Crippen molar-refractivity contribution in [1.29, 1.82) is 0 Å². The first-order chi connectivity index (χ1) is 9.99. The summed E-state index contributed by atoms with van der Waals surface area (Å²) < 4.78 is 54.7. The topological polar surface area (TPSA) is 55.2 Å². The first-order valence-electron chi connectivity index (χ1n) is 5.52. The van der Waals surface area contributed by atoms with Gasteiger partial charge in [-0.05, 0) is 24.4 Å². The van der Waals surface area contributed by atoms with Crippen LogP contribution in [0.1, 0.15) is 17.8 Å². The summed E-state index contributed by atoms with van der Waals surface area (Å²) in [5.41, 5.74) is 0.182. The average molecular weight is 320 g/mol. The van der Waals surface area contributed by atoms with E-state index in [0.29, 0.717) is 4.68 Å². The first kappa shape index (κ1) is 15.2. The number of nitrogens with zero attached hydrogens (tertiary/aromatic N) is 3. The fourth-order valence-electron chi connectivity index (χ4n) is 1.47. The Morgan fingerprint density at radius 3 is 2.67 bits per heavy atom. The molecule has 10 heteroatoms. The van der Waals surface area contributed by atoms with E-state index in [1.54, 1.807) is 6.07 Å². The summed E-state index contributed by atoms with van der Waals surface area (Å²) in [7, 11) is 0. The van der Waals surface area contributed by atoms with Crippen molar-refractivity contribution < 1.29 is 22.3 Å². The molecule has 1 aromatic carbocycles. The van der Waals surface area contributed by atoms with Crippen LogP contribution in [0.25, 0.3) is 0 Å². The summed E-state index contributed by atoms with van der Waals surface area (Å²) >= 11 is 4.76. The van der Waals surface area contributed by atoms with Crippen LogP contribution in [-0.4, -0.2) is 27.7 Å². The smallest absolute Gasteiger partial charge is 0.387 e. The Balaban J connectivity index is 2.34. The second-order valence-electron chi connectivity index (χ2n) is 3.66. The van der Waals surface area contributed by atoms with Crippen LogP contribution in [0.15, 0.2) is 29.4 Å². The molecule has 21 heavy (non-hydrogen) atoms. The molecule has 0 saturated carbocycles. The van der Waals surface area contributed by atoms with Crippen molar-refractivity contribution in [2.75, 3.05) is 0 Å². The summed E-state index contributed by atoms with van der Waals surface area (Å²) in [6.07, 6.45) is -1.81. The van der Waals surface area contributed by atoms with E-state index in [0.717, 1.165) is 6.21 Å². The summed E-state index contributed by atoms with van der Waals surface area (Å²) in [6.45, 7) is -3.01. The Hall–Kier alpha value is -2.23. The standard InChI is InChI=1S/C11H8F4N4OS/c12-8(13)9-17-18-11(21)19(9)16-5-6-3-1-2-4-7(6)20-10(14)15/h1-5,8,10H,(H,18,21)/b16-5-. The molecule has 2 rings (SSSR count). The molecule has 0 aliphatic rings. The molecule has 1 N–H and O–H groups in total. The third kappa shape index (κ3) is 3.66. The third-order valence-corrected chi connectivity index (χ3v) is 2.58. The highest BCUT2D eigenvalue weighted by molar-refractivity contribution is 7.71. The van der Waals surface area contributed by atoms with Crippen molar-refractivity contribution >= 4 is 18.4 Å². The van der Waals surface area contributed by atoms with Crippen LogP contribution < -0.4 is 4.74 Å². The Labute approximate surface area is 120 Å². The number of H-pyrrole nitrogens is 1. The van der Waals surface area contributed by atoms with Gasteiger partial charge in [0, 0.05) is 5.56 Å². The molecule has 5 nitrogen and oxygen atoms in total. The SMILES string of the molecule is FC(F)Oc1ccccc1/C=N\n1c(C(F)F)n[nH]c1=S. The van der Waals surface area contributed by atoms with Crippen LogP contribution in [0.4, 0.5) is 17.6 Å². The number of para-hydroxylation sites is 1. The van der Waals surface area contributed by atoms with Gasteiger partial charge in [-0.3, -0.25) is 0 Å². The molecule has 0 atom stereocenters. The molecule has 0 bridgehead atoms. The molecule has 1 aromatic heterocycles. The van der Waals surface area contributed by atoms with Crippen LogP contribution in [-0.2, 0) is 0 Å². The summed E-state index contributed by atoms with van der Waals surface area (Å²) in [5.74, 6) is -0.812. The highest BCUT2D eigenvalue weighted by atomic mass is 32.1. The van der Waals surface area contributed by atoms with Gasteiger partial charge in [0.05, 0.1) is 6.21 Å². The normalized spacial score (nSPS) is 11.7. The molecule has 0 amide bonds. The van der Waals surface area contributed by atoms with E-state index in [1.807, 2.05) is 0 Å². The highest BCUT2D eigenvalue weighted by Gasteiger charge is 2.16. The Bertz CT molecular complexity index is 698. The zero-order valence-electron chi connectivity index (χ0n) is 10.2. The first-order valence-corrected chi connectivity index (χ1v) is 5.93. The van der Waals surface area contributed by atoms with Gasteiger partial charge >= 0.3 is 6.61 Å². The fraction of sp³-hybridized carbons (Fsp3) is 0.182. The van der Waals surface area contributed by atoms with Gasteiger partial charge in [-0.15, -0.1) is 0 Å². The number of benzene rings is 1. The zero-order chi connectivity index (χ0) is 15.4. The molecule has 0 radical (unpaired) electrons. The number of hydrogen-bond donors (Lipinski definition) is 1. The summed E-state index contributed by atoms with van der Waals surface area (Å²) in [5, 5.41) is 9.22. The van der Waals surface area contributed by atoms with Crippen LogP contribution >= 0.6 is 12.2 Å². The van der Waals surface area contributed by atoms with Crippen LogP contribution in [0.5, 0.6) is 5.75 Å². The molecule has 112 valence electrons. The van der Waals surface area contributed by atoms with Gasteiger partial charge in [0.15, 0.2) is 0 Å². The minimum atomic E-state index is -3.01. The second kappa shape index (κ2) is 6.48. The van der Waals surface area contributed by atoms with Crippen LogP contribution in [0.3, 0.4) is 0 Å². The lowest BCUT2D eigenvalue weighted by Gasteiger charge is -2.07. The number of hydrogen-bond acceptors (Lipinski definition) is 4. The van der Waals surface area contributed by atoms with E-state index < -0.39 is 18.9 Å². The summed E-state index contributed by atoms with van der Waals surface area (Å²) in [6, 6.07) is 5.79. The van der Waals surface area contributed by atoms with Gasteiger partial charge < -0.3 is 4.74 Å². The molecule has 0 saturated heterocycles. The molecule has 1 heterocycles. The largest absolute Gasteiger partial charge is 0.434 e. The van der Waals surface area contributed by atoms with E-state index in [4.69, 9.17) is 12.2 Å². The molecule has 0 aliphatic heterocycles. The van der Waals surface area contributed by atoms with Crippen molar-refractivity contribution in [3.63, 3.8) is 0 Å². The highest BCUT2D eigenvalue weighted by Crippen LogP contribution is 2.19. The maximum atomic E-state index is 12.7. The predicted molar refractivity (Wildman–Crippen MR) is 68.4 cm³/mol. The number of ether oxygens (including phenoxy) is 1. The number of alkyl halides is 4. The van der Waals surface area contributed by atoms with Crippen molar-refractivity contribution in [3.8, 4) is 5.75 Å². The molecular weight excluding hydrogens is 312 g/mol. The second-order valence-corrected chi connectivity index (χ2v) is 4.05. The zero-order valence-corrected chi connectivity index (χ0v) is 11.0. The van der Waals surface area contributed by atoms with Gasteiger partial charge in [-0.2, -0.15) is 23.7 Å². The van der Waals surface area contributed by atoms with E-state index in [1.165, 1.54) is 18.2 Å². The van der Waals surface area contributed by atoms with Gasteiger partial charge in [0.25, 0.3) is 6.43 Å². The van der Waals surface area contributed by atoms with Crippen molar-refractivity contribution in [2.24, 2.45) is 5.10 Å². The predicted octanol–water partition coefficient (Wildman–Crippen LogP) is 3.36. The molecule has 0 fully saturated rings. The third-order valence-electron chi connectivity index (χ3n) is 2.32. The monoisotopic (exact) mass is 320 g/mol. The van der Waals surface area contributed by atoms with Crippen LogP contribution in [0.2, 0.25) is 0 Å². The Kier molecular flexibility index (Phi) is 4.68. The molecule has 2 aromatic rings. The quantitative estimate of drug-likeness (QED) is 0.522. The van der Waals surface area contributed by atoms with E-state index >= 15 is 0 Å². The molecule has 0 spiro atoms. The maximum Gasteiger partial charge on any atom is 0.387 e. The lowest BCUT2D eigenvalue weighted by atomic mass is 10.2. The Morgan fingerprint density at radius 1 is 1.29 bits per heavy atom. The fourth-order valence-corrected chi connectivity index (χ4v) is 1.65. The van der Waals surface area contributed by atoms with Crippen molar-refractivity contribution in [1.82, 2.24) is 14.9 Å². The summed E-state index contributed by atoms with van der Waals surface area (Å²) in [4.78, 5) is 0. The minimum Gasteiger partial charge on any atom is -0.434 e. The number of halogens is 4. The van der Waals surface area contributed by atoms with E-state index in [-0.39, 0.29) is 16.1 Å². The van der Waals surface area contributed by atoms with Gasteiger partial charge in [-0.25, -0.2) is 13.9 Å². The number of aromatic nitrogens is 3. The van der Waals surface area contributed by atoms with Gasteiger partial charge in [0.1, 0.15) is 5.75 Å². The molecule has 0 unspecified atom stereocenters. The van der Waals surface area contributed by atoms with Gasteiger partial charge in [-0.1, -0.05) is 12.1 Å². The number of aromatic amines is 1. The lowest BCUT2D eigenvalue weighted by Crippen LogP contribution is -2.05. The lowest BCUT2D eigenvalue weighted by molar-refractivity contribution is -0.0499. The van der Waals surface area contributed by atoms with Crippen molar-refractivity contribution in [3.05, 3.63) is 40.4 Å². The van der Waals surface area contributed by atoms with Crippen LogP contribution in [0, 0.1) is 4.77 Å². The van der Waals surface area contributed by atoms with Gasteiger partial charge in [0.2, 0.25) is 10.6 Å². The number of nitrogens with one attached hydrogen (secondary N) is 1.